The van der Waals surface area contributed by atoms with Crippen molar-refractivity contribution in [3.63, 3.8) is 0 Å². The van der Waals surface area contributed by atoms with Crippen molar-refractivity contribution in [3.05, 3.63) is 52.6 Å². The number of rotatable bonds is 5. The molecule has 0 bridgehead atoms. The number of nitrogens with zero attached hydrogens (tertiary/aromatic N) is 2. The highest BCUT2D eigenvalue weighted by molar-refractivity contribution is 5.42. The van der Waals surface area contributed by atoms with Gasteiger partial charge in [-0.15, -0.1) is 0 Å². The molecule has 0 aliphatic heterocycles. The lowest BCUT2D eigenvalue weighted by atomic mass is 10.1. The molecule has 2 rings (SSSR count). The van der Waals surface area contributed by atoms with Gasteiger partial charge < -0.3 is 15.6 Å². The van der Waals surface area contributed by atoms with Crippen LogP contribution in [0.4, 0.5) is 11.5 Å². The Morgan fingerprint density at radius 3 is 2.70 bits per heavy atom. The Morgan fingerprint density at radius 1 is 1.35 bits per heavy atom. The molecule has 0 saturated carbocycles. The number of benzene rings is 1. The lowest BCUT2D eigenvalue weighted by Gasteiger charge is -2.15. The molecule has 1 heterocycles. The Hall–Kier alpha value is -2.30. The Labute approximate surface area is 118 Å². The first-order valence-corrected chi connectivity index (χ1v) is 6.79. The van der Waals surface area contributed by atoms with Crippen molar-refractivity contribution >= 4 is 11.5 Å². The molecular weight excluding hydrogens is 252 g/mol. The number of anilines is 2. The standard InChI is InChI=1S/C15H20N4O/c1-3-9-19-10-8-17-14(15(19)20)18-11(2)12-4-6-13(16)7-5-12/h4-8,10-11H,3,9,16H2,1-2H3,(H,17,18). The Kier molecular flexibility index (Phi) is 4.40. The van der Waals surface area contributed by atoms with Gasteiger partial charge in [-0.2, -0.15) is 0 Å². The van der Waals surface area contributed by atoms with Crippen molar-refractivity contribution in [3.8, 4) is 0 Å². The third-order valence-corrected chi connectivity index (χ3v) is 3.17. The summed E-state index contributed by atoms with van der Waals surface area (Å²) < 4.78 is 1.67. The number of nitrogens with one attached hydrogen (secondary N) is 1. The molecule has 3 N–H and O–H groups in total. The summed E-state index contributed by atoms with van der Waals surface area (Å²) in [5.74, 6) is 0.380. The van der Waals surface area contributed by atoms with E-state index in [0.29, 0.717) is 12.4 Å². The van der Waals surface area contributed by atoms with Gasteiger partial charge in [-0.25, -0.2) is 4.98 Å². The lowest BCUT2D eigenvalue weighted by molar-refractivity contribution is 0.648. The van der Waals surface area contributed by atoms with Gasteiger partial charge in [0.25, 0.3) is 5.56 Å². The van der Waals surface area contributed by atoms with Crippen molar-refractivity contribution in [1.29, 1.82) is 0 Å². The van der Waals surface area contributed by atoms with E-state index < -0.39 is 0 Å². The Balaban J connectivity index is 2.19. The highest BCUT2D eigenvalue weighted by Gasteiger charge is 2.09. The largest absolute Gasteiger partial charge is 0.399 e. The van der Waals surface area contributed by atoms with E-state index in [1.54, 1.807) is 17.0 Å². The molecule has 20 heavy (non-hydrogen) atoms. The van der Waals surface area contributed by atoms with Crippen LogP contribution in [-0.2, 0) is 6.54 Å². The van der Waals surface area contributed by atoms with Gasteiger partial charge in [0.2, 0.25) is 0 Å². The Bertz CT molecular complexity index is 619. The van der Waals surface area contributed by atoms with E-state index in [1.807, 2.05) is 38.1 Å². The fourth-order valence-electron chi connectivity index (χ4n) is 2.04. The number of nitrogens with two attached hydrogens (primary N) is 1. The minimum atomic E-state index is -0.0864. The Morgan fingerprint density at radius 2 is 2.05 bits per heavy atom. The second-order valence-electron chi connectivity index (χ2n) is 4.81. The van der Waals surface area contributed by atoms with Gasteiger partial charge >= 0.3 is 0 Å². The van der Waals surface area contributed by atoms with Crippen LogP contribution in [0.1, 0.15) is 31.9 Å². The van der Waals surface area contributed by atoms with Crippen molar-refractivity contribution in [2.75, 3.05) is 11.1 Å². The van der Waals surface area contributed by atoms with Gasteiger partial charge in [0.15, 0.2) is 5.82 Å². The van der Waals surface area contributed by atoms with Gasteiger partial charge in [-0.05, 0) is 31.0 Å². The van der Waals surface area contributed by atoms with E-state index in [2.05, 4.69) is 10.3 Å². The number of aromatic nitrogens is 2. The van der Waals surface area contributed by atoms with Crippen molar-refractivity contribution in [1.82, 2.24) is 9.55 Å². The molecule has 0 spiro atoms. The van der Waals surface area contributed by atoms with E-state index in [-0.39, 0.29) is 11.6 Å². The van der Waals surface area contributed by atoms with Crippen LogP contribution in [0.3, 0.4) is 0 Å². The third-order valence-electron chi connectivity index (χ3n) is 3.17. The fourth-order valence-corrected chi connectivity index (χ4v) is 2.04. The van der Waals surface area contributed by atoms with E-state index >= 15 is 0 Å². The van der Waals surface area contributed by atoms with Crippen molar-refractivity contribution in [2.24, 2.45) is 0 Å². The molecule has 0 radical (unpaired) electrons. The van der Waals surface area contributed by atoms with Crippen LogP contribution in [0.2, 0.25) is 0 Å². The summed E-state index contributed by atoms with van der Waals surface area (Å²) in [5, 5.41) is 3.16. The fraction of sp³-hybridized carbons (Fsp3) is 0.333. The second kappa shape index (κ2) is 6.23. The maximum absolute atomic E-state index is 12.2. The van der Waals surface area contributed by atoms with Gasteiger partial charge in [0.1, 0.15) is 0 Å². The van der Waals surface area contributed by atoms with E-state index in [1.165, 1.54) is 0 Å². The summed E-state index contributed by atoms with van der Waals surface area (Å²) in [6.45, 7) is 4.73. The van der Waals surface area contributed by atoms with Crippen LogP contribution in [-0.4, -0.2) is 9.55 Å². The van der Waals surface area contributed by atoms with Crippen LogP contribution in [0.25, 0.3) is 0 Å². The molecule has 0 saturated heterocycles. The predicted molar refractivity (Wildman–Crippen MR) is 81.7 cm³/mol. The van der Waals surface area contributed by atoms with Gasteiger partial charge in [0.05, 0.1) is 6.04 Å². The number of nitrogen functional groups attached to an aromatic ring is 1. The predicted octanol–water partition coefficient (Wildman–Crippen LogP) is 2.41. The van der Waals surface area contributed by atoms with Crippen LogP contribution >= 0.6 is 0 Å². The lowest BCUT2D eigenvalue weighted by Crippen LogP contribution is -2.25. The van der Waals surface area contributed by atoms with Gasteiger partial charge in [-0.1, -0.05) is 19.1 Å². The van der Waals surface area contributed by atoms with Crippen LogP contribution in [0, 0.1) is 0 Å². The van der Waals surface area contributed by atoms with Gasteiger partial charge in [-0.3, -0.25) is 4.79 Å². The zero-order valence-corrected chi connectivity index (χ0v) is 11.8. The summed E-state index contributed by atoms with van der Waals surface area (Å²) in [6.07, 6.45) is 4.27. The monoisotopic (exact) mass is 272 g/mol. The molecule has 106 valence electrons. The van der Waals surface area contributed by atoms with Crippen molar-refractivity contribution in [2.45, 2.75) is 32.9 Å². The number of hydrogen-bond donors (Lipinski definition) is 2. The summed E-state index contributed by atoms with van der Waals surface area (Å²) in [7, 11) is 0. The van der Waals surface area contributed by atoms with E-state index in [0.717, 1.165) is 17.7 Å². The quantitative estimate of drug-likeness (QED) is 0.820. The molecule has 0 amide bonds. The van der Waals surface area contributed by atoms with E-state index in [9.17, 15) is 4.79 Å². The highest BCUT2D eigenvalue weighted by atomic mass is 16.1. The van der Waals surface area contributed by atoms with Crippen LogP contribution < -0.4 is 16.6 Å². The molecule has 2 aromatic rings. The summed E-state index contributed by atoms with van der Waals surface area (Å²) in [4.78, 5) is 16.3. The van der Waals surface area contributed by atoms with Crippen LogP contribution in [0.15, 0.2) is 41.5 Å². The summed E-state index contributed by atoms with van der Waals surface area (Å²) in [5.41, 5.74) is 7.37. The first-order valence-electron chi connectivity index (χ1n) is 6.79. The molecular formula is C15H20N4O. The average Bonchev–Trinajstić information content (AvgIpc) is 2.44. The SMILES string of the molecule is CCCn1ccnc(NC(C)c2ccc(N)cc2)c1=O. The minimum absolute atomic E-state index is 0.00623. The summed E-state index contributed by atoms with van der Waals surface area (Å²) >= 11 is 0. The zero-order valence-electron chi connectivity index (χ0n) is 11.8. The first-order chi connectivity index (χ1) is 9.61. The smallest absolute Gasteiger partial charge is 0.293 e. The molecule has 0 aliphatic rings. The maximum Gasteiger partial charge on any atom is 0.293 e. The molecule has 5 heteroatoms. The highest BCUT2D eigenvalue weighted by Crippen LogP contribution is 2.17. The zero-order chi connectivity index (χ0) is 14.5. The summed E-state index contributed by atoms with van der Waals surface area (Å²) in [6, 6.07) is 7.58. The molecule has 1 unspecified atom stereocenters. The molecule has 1 aromatic carbocycles. The average molecular weight is 272 g/mol. The first kappa shape index (κ1) is 14.1. The topological polar surface area (TPSA) is 72.9 Å². The number of hydrogen-bond acceptors (Lipinski definition) is 4. The minimum Gasteiger partial charge on any atom is -0.399 e. The molecule has 0 aliphatic carbocycles. The molecule has 0 fully saturated rings. The van der Waals surface area contributed by atoms with E-state index in [4.69, 9.17) is 5.73 Å². The van der Waals surface area contributed by atoms with Crippen molar-refractivity contribution < 1.29 is 0 Å². The van der Waals surface area contributed by atoms with Crippen LogP contribution in [0.5, 0.6) is 0 Å². The number of aryl methyl sites for hydroxylation is 1. The maximum atomic E-state index is 12.2. The normalized spacial score (nSPS) is 12.1. The molecule has 5 nitrogen and oxygen atoms in total. The molecule has 1 atom stereocenters. The van der Waals surface area contributed by atoms with Gasteiger partial charge in [0, 0.05) is 24.6 Å². The second-order valence-corrected chi connectivity index (χ2v) is 4.81. The third kappa shape index (κ3) is 3.17. The molecule has 1 aromatic heterocycles.